The van der Waals surface area contributed by atoms with Crippen molar-refractivity contribution in [3.8, 4) is 5.69 Å². The maximum Gasteiger partial charge on any atom is 0.220 e. The molecule has 0 radical (unpaired) electrons. The Morgan fingerprint density at radius 1 is 1.12 bits per heavy atom. The molecule has 0 saturated heterocycles. The lowest BCUT2D eigenvalue weighted by Crippen LogP contribution is -2.11. The first-order chi connectivity index (χ1) is 12.4. The van der Waals surface area contributed by atoms with Crippen LogP contribution in [0.15, 0.2) is 53.7 Å². The van der Waals surface area contributed by atoms with Crippen molar-refractivity contribution in [1.82, 2.24) is 14.8 Å². The molecule has 3 aromatic rings. The van der Waals surface area contributed by atoms with Crippen molar-refractivity contribution < 1.29 is 9.31 Å². The van der Waals surface area contributed by atoms with Crippen LogP contribution in [0.5, 0.6) is 0 Å². The van der Waals surface area contributed by atoms with Gasteiger partial charge in [0.05, 0.1) is 0 Å². The summed E-state index contributed by atoms with van der Waals surface area (Å²) < 4.78 is 15.1. The van der Waals surface area contributed by atoms with E-state index in [-0.39, 0.29) is 17.3 Å². The summed E-state index contributed by atoms with van der Waals surface area (Å²) in [6.45, 7) is 3.54. The summed E-state index contributed by atoms with van der Waals surface area (Å²) >= 11 is 1.25. The maximum absolute atomic E-state index is 13.2. The zero-order valence-electron chi connectivity index (χ0n) is 14.3. The average molecular weight is 372 g/mol. The van der Waals surface area contributed by atoms with Gasteiger partial charge in [0.1, 0.15) is 16.9 Å². The van der Waals surface area contributed by atoms with Crippen molar-refractivity contribution in [2.45, 2.75) is 24.3 Å². The lowest BCUT2D eigenvalue weighted by Gasteiger charge is -2.14. The van der Waals surface area contributed by atoms with E-state index in [1.54, 1.807) is 12.1 Å². The molecule has 8 heteroatoms. The molecule has 0 aliphatic rings. The van der Waals surface area contributed by atoms with Crippen LogP contribution in [0, 0.1) is 29.8 Å². The Kier molecular flexibility index (Phi) is 5.32. The molecule has 0 amide bonds. The van der Waals surface area contributed by atoms with E-state index >= 15 is 0 Å². The Morgan fingerprint density at radius 2 is 1.77 bits per heavy atom. The van der Waals surface area contributed by atoms with Gasteiger partial charge in [0.15, 0.2) is 5.16 Å². The topological polar surface area (TPSA) is 73.8 Å². The number of hydrogen-bond donors (Lipinski definition) is 0. The average Bonchev–Trinajstić information content (AvgIpc) is 2.96. The fraction of sp³-hybridized carbons (Fsp3) is 0.222. The van der Waals surface area contributed by atoms with E-state index < -0.39 is 5.25 Å². The summed E-state index contributed by atoms with van der Waals surface area (Å²) in [7, 11) is 0. The molecule has 0 saturated carbocycles. The first-order valence-corrected chi connectivity index (χ1v) is 8.85. The Labute approximate surface area is 154 Å². The molecule has 134 valence electrons. The molecule has 0 unspecified atom stereocenters. The van der Waals surface area contributed by atoms with Crippen LogP contribution in [0.4, 0.5) is 4.39 Å². The SMILES string of the molecule is Cc1ccc(-n2c(C)nnc2S[C@@H](C[N+](=O)[O-])c2ccc(F)cc2)cc1. The quantitative estimate of drug-likeness (QED) is 0.369. The van der Waals surface area contributed by atoms with E-state index in [0.29, 0.717) is 16.5 Å². The summed E-state index contributed by atoms with van der Waals surface area (Å²) in [6, 6.07) is 13.6. The Morgan fingerprint density at radius 3 is 2.38 bits per heavy atom. The van der Waals surface area contributed by atoms with Crippen LogP contribution in [0.1, 0.15) is 22.2 Å². The molecule has 0 N–H and O–H groups in total. The second kappa shape index (κ2) is 7.65. The first-order valence-electron chi connectivity index (χ1n) is 7.97. The largest absolute Gasteiger partial charge is 0.274 e. The van der Waals surface area contributed by atoms with E-state index in [4.69, 9.17) is 0 Å². The van der Waals surface area contributed by atoms with Gasteiger partial charge < -0.3 is 0 Å². The van der Waals surface area contributed by atoms with E-state index in [0.717, 1.165) is 11.3 Å². The lowest BCUT2D eigenvalue weighted by atomic mass is 10.1. The molecule has 1 atom stereocenters. The Hall–Kier alpha value is -2.74. The van der Waals surface area contributed by atoms with Gasteiger partial charge in [-0.05, 0) is 43.7 Å². The summed E-state index contributed by atoms with van der Waals surface area (Å²) in [5.74, 6) is 0.313. The number of rotatable bonds is 6. The van der Waals surface area contributed by atoms with E-state index in [1.165, 1.54) is 23.9 Å². The molecule has 26 heavy (non-hydrogen) atoms. The van der Waals surface area contributed by atoms with Crippen molar-refractivity contribution in [3.63, 3.8) is 0 Å². The highest BCUT2D eigenvalue weighted by molar-refractivity contribution is 7.99. The predicted octanol–water partition coefficient (Wildman–Crippen LogP) is 4.13. The van der Waals surface area contributed by atoms with Crippen molar-refractivity contribution in [2.75, 3.05) is 6.54 Å². The Bertz CT molecular complexity index is 910. The van der Waals surface area contributed by atoms with Gasteiger partial charge in [-0.15, -0.1) is 10.2 Å². The van der Waals surface area contributed by atoms with Crippen molar-refractivity contribution >= 4 is 11.8 Å². The number of halogens is 1. The van der Waals surface area contributed by atoms with Gasteiger partial charge in [0.25, 0.3) is 0 Å². The molecule has 0 fully saturated rings. The van der Waals surface area contributed by atoms with Gasteiger partial charge in [0, 0.05) is 10.6 Å². The summed E-state index contributed by atoms with van der Waals surface area (Å²) in [5, 5.41) is 19.5. The molecular weight excluding hydrogens is 355 g/mol. The van der Waals surface area contributed by atoms with E-state index in [9.17, 15) is 14.5 Å². The zero-order valence-corrected chi connectivity index (χ0v) is 15.1. The normalized spacial score (nSPS) is 12.1. The van der Waals surface area contributed by atoms with Gasteiger partial charge >= 0.3 is 0 Å². The molecule has 1 aromatic heterocycles. The van der Waals surface area contributed by atoms with Crippen LogP contribution in [0.3, 0.4) is 0 Å². The fourth-order valence-corrected chi connectivity index (χ4v) is 3.74. The third-order valence-corrected chi connectivity index (χ3v) is 5.07. The standard InChI is InChI=1S/C18H17FN4O2S/c1-12-3-9-16(10-4-12)23-13(2)20-21-18(23)26-17(11-22(24)25)14-5-7-15(19)8-6-14/h3-10,17H,11H2,1-2H3/t17-/m0/s1. The van der Waals surface area contributed by atoms with Crippen molar-refractivity contribution in [2.24, 2.45) is 0 Å². The predicted molar refractivity (Wildman–Crippen MR) is 97.7 cm³/mol. The van der Waals surface area contributed by atoms with Crippen LogP contribution in [0.25, 0.3) is 5.69 Å². The minimum Gasteiger partial charge on any atom is -0.274 e. The number of nitrogens with zero attached hydrogens (tertiary/aromatic N) is 4. The number of hydrogen-bond acceptors (Lipinski definition) is 5. The van der Waals surface area contributed by atoms with Gasteiger partial charge in [-0.1, -0.05) is 41.6 Å². The van der Waals surface area contributed by atoms with Crippen molar-refractivity contribution in [3.05, 3.63) is 81.4 Å². The minimum atomic E-state index is -0.501. The van der Waals surface area contributed by atoms with Crippen molar-refractivity contribution in [1.29, 1.82) is 0 Å². The van der Waals surface area contributed by atoms with Gasteiger partial charge in [0.2, 0.25) is 6.54 Å². The highest BCUT2D eigenvalue weighted by Gasteiger charge is 2.23. The molecule has 3 rings (SSSR count). The lowest BCUT2D eigenvalue weighted by molar-refractivity contribution is -0.479. The summed E-state index contributed by atoms with van der Waals surface area (Å²) in [4.78, 5) is 10.7. The monoisotopic (exact) mass is 372 g/mol. The van der Waals surface area contributed by atoms with E-state index in [2.05, 4.69) is 10.2 Å². The number of benzene rings is 2. The first kappa shape index (κ1) is 18.1. The van der Waals surface area contributed by atoms with Crippen LogP contribution in [-0.4, -0.2) is 26.2 Å². The summed E-state index contributed by atoms with van der Waals surface area (Å²) in [5.41, 5.74) is 2.69. The van der Waals surface area contributed by atoms with Gasteiger partial charge in [-0.2, -0.15) is 0 Å². The van der Waals surface area contributed by atoms with Crippen LogP contribution >= 0.6 is 11.8 Å². The van der Waals surface area contributed by atoms with Crippen LogP contribution in [0.2, 0.25) is 0 Å². The molecule has 0 aliphatic heterocycles. The highest BCUT2D eigenvalue weighted by atomic mass is 32.2. The second-order valence-corrected chi connectivity index (χ2v) is 7.04. The number of aromatic nitrogens is 3. The third kappa shape index (κ3) is 4.08. The number of thioether (sulfide) groups is 1. The highest BCUT2D eigenvalue weighted by Crippen LogP contribution is 2.36. The minimum absolute atomic E-state index is 0.296. The zero-order chi connectivity index (χ0) is 18.7. The second-order valence-electron chi connectivity index (χ2n) is 5.87. The fourth-order valence-electron chi connectivity index (χ4n) is 2.56. The number of nitro groups is 1. The van der Waals surface area contributed by atoms with Crippen LogP contribution in [-0.2, 0) is 0 Å². The Balaban J connectivity index is 1.95. The molecule has 2 aromatic carbocycles. The third-order valence-electron chi connectivity index (χ3n) is 3.89. The van der Waals surface area contributed by atoms with E-state index in [1.807, 2.05) is 42.7 Å². The molecule has 0 aliphatic carbocycles. The maximum atomic E-state index is 13.2. The molecule has 1 heterocycles. The van der Waals surface area contributed by atoms with Crippen LogP contribution < -0.4 is 0 Å². The summed E-state index contributed by atoms with van der Waals surface area (Å²) in [6.07, 6.45) is 0. The van der Waals surface area contributed by atoms with Gasteiger partial charge in [-0.25, -0.2) is 4.39 Å². The molecule has 0 bridgehead atoms. The molecule has 0 spiro atoms. The smallest absolute Gasteiger partial charge is 0.220 e. The molecular formula is C18H17FN4O2S. The number of aryl methyl sites for hydroxylation is 2. The molecule has 6 nitrogen and oxygen atoms in total. The van der Waals surface area contributed by atoms with Gasteiger partial charge in [-0.3, -0.25) is 14.7 Å².